The normalized spacial score (nSPS) is 22.8. The molecule has 1 heterocycles. The van der Waals surface area contributed by atoms with E-state index in [4.69, 9.17) is 5.73 Å². The average molecular weight is 474 g/mol. The molecule has 0 aromatic heterocycles. The third-order valence-corrected chi connectivity index (χ3v) is 7.22. The van der Waals surface area contributed by atoms with Crippen molar-refractivity contribution in [2.45, 2.75) is 25.3 Å². The van der Waals surface area contributed by atoms with Crippen LogP contribution in [0.3, 0.4) is 0 Å². The molecule has 0 radical (unpaired) electrons. The van der Waals surface area contributed by atoms with Gasteiger partial charge in [-0.05, 0) is 29.5 Å². The number of hydrogen-bond donors (Lipinski definition) is 2. The number of halogens is 1. The van der Waals surface area contributed by atoms with Crippen LogP contribution in [0.2, 0.25) is 0 Å². The number of carboxylic acid groups (broad SMARTS) is 1. The lowest BCUT2D eigenvalue weighted by atomic mass is 9.63. The number of rotatable bonds is 6. The number of fused-ring (bicyclic) bond motifs is 1. The summed E-state index contributed by atoms with van der Waals surface area (Å²) >= 11 is 1.93. The molecular weight excluding hydrogens is 446 g/mol. The average Bonchev–Trinajstić information content (AvgIpc) is 2.80. The number of carboxylic acids is 1. The molecule has 4 rings (SSSR count). The molecule has 2 aromatic rings. The number of benzene rings is 2. The zero-order valence-corrected chi connectivity index (χ0v) is 19.4. The zero-order chi connectivity index (χ0) is 21.8. The minimum absolute atomic E-state index is 0. The third kappa shape index (κ3) is 5.00. The number of aliphatic carboxylic acids is 1. The Bertz CT molecular complexity index is 992. The highest BCUT2D eigenvalue weighted by Crippen LogP contribution is 2.47. The summed E-state index contributed by atoms with van der Waals surface area (Å²) in [6, 6.07) is 14.3. The predicted molar refractivity (Wildman–Crippen MR) is 131 cm³/mol. The van der Waals surface area contributed by atoms with Gasteiger partial charge in [-0.3, -0.25) is 14.6 Å². The number of thioether (sulfide) groups is 1. The quantitative estimate of drug-likeness (QED) is 0.489. The molecule has 1 aliphatic carbocycles. The molecule has 2 unspecified atom stereocenters. The number of carbonyl (C=O) groups is 2. The molecule has 1 saturated heterocycles. The van der Waals surface area contributed by atoms with Crippen molar-refractivity contribution >= 4 is 42.1 Å². The van der Waals surface area contributed by atoms with Crippen molar-refractivity contribution in [2.75, 3.05) is 24.6 Å². The van der Waals surface area contributed by atoms with E-state index in [2.05, 4.69) is 10.1 Å². The molecule has 3 N–H and O–H groups in total. The maximum absolute atomic E-state index is 13.6. The van der Waals surface area contributed by atoms with Gasteiger partial charge in [0.05, 0.1) is 18.1 Å². The molecule has 2 atom stereocenters. The fourth-order valence-corrected chi connectivity index (χ4v) is 5.39. The summed E-state index contributed by atoms with van der Waals surface area (Å²) in [6.45, 7) is 1.88. The standard InChI is InChI=1S/C24H27N3O3S.ClH/c25-22-20-4-2-1-3-18(20)9-10-24(22,15-21(28)29)23(30)19-7-5-17(6-8-19)16-26-27-11-13-31-14-12-27;/h1-8,16,22H,9-15,25H2,(H,28,29);1H. The lowest BCUT2D eigenvalue weighted by Gasteiger charge is -2.41. The van der Waals surface area contributed by atoms with Crippen LogP contribution in [0.15, 0.2) is 53.6 Å². The van der Waals surface area contributed by atoms with E-state index >= 15 is 0 Å². The Labute approximate surface area is 198 Å². The Balaban J connectivity index is 0.00000289. The first-order valence-corrected chi connectivity index (χ1v) is 11.7. The maximum atomic E-state index is 13.6. The van der Waals surface area contributed by atoms with Crippen molar-refractivity contribution in [3.8, 4) is 0 Å². The first-order chi connectivity index (χ1) is 15.0. The van der Waals surface area contributed by atoms with Gasteiger partial charge < -0.3 is 10.8 Å². The van der Waals surface area contributed by atoms with Gasteiger partial charge in [-0.2, -0.15) is 16.9 Å². The molecule has 1 aliphatic heterocycles. The Morgan fingerprint density at radius 1 is 1.16 bits per heavy atom. The molecule has 0 saturated carbocycles. The van der Waals surface area contributed by atoms with Crippen LogP contribution < -0.4 is 5.73 Å². The van der Waals surface area contributed by atoms with Gasteiger partial charge in [-0.1, -0.05) is 48.5 Å². The lowest BCUT2D eigenvalue weighted by molar-refractivity contribution is -0.139. The van der Waals surface area contributed by atoms with Crippen LogP contribution in [0.25, 0.3) is 0 Å². The molecule has 170 valence electrons. The summed E-state index contributed by atoms with van der Waals surface area (Å²) in [6.07, 6.45) is 2.59. The second kappa shape index (κ2) is 10.5. The van der Waals surface area contributed by atoms with Crippen molar-refractivity contribution < 1.29 is 14.7 Å². The first-order valence-electron chi connectivity index (χ1n) is 10.6. The van der Waals surface area contributed by atoms with Crippen molar-refractivity contribution in [3.05, 3.63) is 70.8 Å². The van der Waals surface area contributed by atoms with Crippen LogP contribution in [0.1, 0.15) is 45.9 Å². The second-order valence-corrected chi connectivity index (χ2v) is 9.39. The van der Waals surface area contributed by atoms with Gasteiger partial charge in [0.25, 0.3) is 0 Å². The Morgan fingerprint density at radius 2 is 1.84 bits per heavy atom. The largest absolute Gasteiger partial charge is 0.481 e. The van der Waals surface area contributed by atoms with Gasteiger partial charge in [-0.25, -0.2) is 0 Å². The molecule has 6 nitrogen and oxygen atoms in total. The van der Waals surface area contributed by atoms with Crippen molar-refractivity contribution in [3.63, 3.8) is 0 Å². The lowest BCUT2D eigenvalue weighted by Crippen LogP contribution is -2.46. The highest BCUT2D eigenvalue weighted by atomic mass is 35.5. The van der Waals surface area contributed by atoms with Crippen LogP contribution in [0, 0.1) is 5.41 Å². The van der Waals surface area contributed by atoms with E-state index in [1.807, 2.05) is 48.2 Å². The van der Waals surface area contributed by atoms with Gasteiger partial charge >= 0.3 is 5.97 Å². The fraction of sp³-hybridized carbons (Fsp3) is 0.375. The van der Waals surface area contributed by atoms with Crippen molar-refractivity contribution in [2.24, 2.45) is 16.3 Å². The third-order valence-electron chi connectivity index (χ3n) is 6.28. The van der Waals surface area contributed by atoms with E-state index < -0.39 is 17.4 Å². The number of Topliss-reactive ketones (excluding diaryl/α,β-unsaturated/α-hetero) is 1. The number of hydrogen-bond acceptors (Lipinski definition) is 6. The van der Waals surface area contributed by atoms with Crippen LogP contribution in [-0.2, 0) is 11.2 Å². The molecule has 2 aliphatic rings. The molecule has 2 aromatic carbocycles. The summed E-state index contributed by atoms with van der Waals surface area (Å²) in [4.78, 5) is 25.3. The molecule has 32 heavy (non-hydrogen) atoms. The second-order valence-electron chi connectivity index (χ2n) is 8.16. The van der Waals surface area contributed by atoms with E-state index in [0.717, 1.165) is 41.3 Å². The van der Waals surface area contributed by atoms with E-state index in [1.54, 1.807) is 18.3 Å². The van der Waals surface area contributed by atoms with Crippen LogP contribution in [0.5, 0.6) is 0 Å². The summed E-state index contributed by atoms with van der Waals surface area (Å²) in [5, 5.41) is 16.2. The summed E-state index contributed by atoms with van der Waals surface area (Å²) < 4.78 is 0. The molecule has 1 fully saturated rings. The van der Waals surface area contributed by atoms with E-state index in [1.165, 1.54) is 0 Å². The molecule has 0 bridgehead atoms. The number of nitrogens with zero attached hydrogens (tertiary/aromatic N) is 2. The van der Waals surface area contributed by atoms with Gasteiger partial charge in [-0.15, -0.1) is 12.4 Å². The van der Waals surface area contributed by atoms with Crippen LogP contribution >= 0.6 is 24.2 Å². The number of nitrogens with two attached hydrogens (primary N) is 1. The van der Waals surface area contributed by atoms with Crippen LogP contribution in [0.4, 0.5) is 0 Å². The van der Waals surface area contributed by atoms with Gasteiger partial charge in [0.15, 0.2) is 5.78 Å². The topological polar surface area (TPSA) is 96.0 Å². The molecule has 0 amide bonds. The van der Waals surface area contributed by atoms with Gasteiger partial charge in [0.1, 0.15) is 0 Å². The van der Waals surface area contributed by atoms with Crippen molar-refractivity contribution in [1.82, 2.24) is 5.01 Å². The highest BCUT2D eigenvalue weighted by molar-refractivity contribution is 7.99. The molecule has 8 heteroatoms. The van der Waals surface area contributed by atoms with Gasteiger partial charge in [0.2, 0.25) is 0 Å². The summed E-state index contributed by atoms with van der Waals surface area (Å²) in [5.74, 6) is 0.958. The van der Waals surface area contributed by atoms with Gasteiger partial charge in [0, 0.05) is 36.2 Å². The first kappa shape index (κ1) is 24.3. The number of ketones is 1. The number of carbonyl (C=O) groups excluding carboxylic acids is 1. The summed E-state index contributed by atoms with van der Waals surface area (Å²) in [5.41, 5.74) is 8.76. The fourth-order valence-electron chi connectivity index (χ4n) is 4.50. The van der Waals surface area contributed by atoms with Crippen molar-refractivity contribution in [1.29, 1.82) is 0 Å². The summed E-state index contributed by atoms with van der Waals surface area (Å²) in [7, 11) is 0. The SMILES string of the molecule is Cl.NC1c2ccccc2CCC1(CC(=O)O)C(=O)c1ccc(C=NN2CCSCC2)cc1. The Kier molecular flexibility index (Phi) is 7.98. The van der Waals surface area contributed by atoms with E-state index in [0.29, 0.717) is 18.4 Å². The molecule has 0 spiro atoms. The number of hydrazone groups is 1. The monoisotopic (exact) mass is 473 g/mol. The predicted octanol–water partition coefficient (Wildman–Crippen LogP) is 3.78. The van der Waals surface area contributed by atoms with E-state index in [-0.39, 0.29) is 24.6 Å². The molecular formula is C24H28ClN3O3S. The Morgan fingerprint density at radius 3 is 2.53 bits per heavy atom. The smallest absolute Gasteiger partial charge is 0.304 e. The maximum Gasteiger partial charge on any atom is 0.304 e. The number of aryl methyl sites for hydroxylation is 1. The zero-order valence-electron chi connectivity index (χ0n) is 17.8. The minimum Gasteiger partial charge on any atom is -0.481 e. The minimum atomic E-state index is -1.15. The van der Waals surface area contributed by atoms with Crippen LogP contribution in [-0.4, -0.2) is 52.7 Å². The Hall–Kier alpha value is -2.35. The highest BCUT2D eigenvalue weighted by Gasteiger charge is 2.48. The van der Waals surface area contributed by atoms with E-state index in [9.17, 15) is 14.7 Å².